The van der Waals surface area contributed by atoms with Crippen molar-refractivity contribution in [2.24, 2.45) is 17.8 Å². The molecule has 0 amide bonds. The first-order valence-corrected chi connectivity index (χ1v) is 8.97. The van der Waals surface area contributed by atoms with Gasteiger partial charge in [-0.05, 0) is 73.5 Å². The standard InChI is InChI=1S/C21H32O/c1-5-16(3)17(4)21(22)14-18-8-12-20(13-9-18)19-10-6-15(2)7-11-19/h8,10,12-13,15-16,18,22H,5-7,9,11,14H2,1-4H3/b21-17+. The van der Waals surface area contributed by atoms with E-state index in [4.69, 9.17) is 0 Å². The van der Waals surface area contributed by atoms with Crippen LogP contribution in [0.1, 0.15) is 66.2 Å². The predicted molar refractivity (Wildman–Crippen MR) is 95.8 cm³/mol. The van der Waals surface area contributed by atoms with E-state index in [0.717, 1.165) is 30.8 Å². The SMILES string of the molecule is CCC(C)/C(C)=C(/O)CC1C=CC(C2=CCC(C)CC2)=CC1. The third-order valence-corrected chi connectivity index (χ3v) is 5.49. The predicted octanol–water partition coefficient (Wildman–Crippen LogP) is 6.50. The van der Waals surface area contributed by atoms with Gasteiger partial charge < -0.3 is 5.11 Å². The third kappa shape index (κ3) is 4.38. The molecule has 0 spiro atoms. The first kappa shape index (κ1) is 17.1. The maximum Gasteiger partial charge on any atom is 0.0920 e. The molecule has 2 aliphatic rings. The van der Waals surface area contributed by atoms with Crippen LogP contribution in [0.25, 0.3) is 0 Å². The normalized spacial score (nSPS) is 27.8. The number of aliphatic hydroxyl groups is 1. The van der Waals surface area contributed by atoms with Crippen molar-refractivity contribution >= 4 is 0 Å². The van der Waals surface area contributed by atoms with Gasteiger partial charge in [0.1, 0.15) is 0 Å². The number of aliphatic hydroxyl groups excluding tert-OH is 1. The topological polar surface area (TPSA) is 20.2 Å². The minimum atomic E-state index is 0.450. The maximum atomic E-state index is 10.3. The summed E-state index contributed by atoms with van der Waals surface area (Å²) in [5, 5.41) is 10.3. The smallest absolute Gasteiger partial charge is 0.0920 e. The van der Waals surface area contributed by atoms with Crippen LogP contribution >= 0.6 is 0 Å². The summed E-state index contributed by atoms with van der Waals surface area (Å²) in [6, 6.07) is 0. The number of hydrogen-bond acceptors (Lipinski definition) is 1. The lowest BCUT2D eigenvalue weighted by atomic mass is 9.83. The van der Waals surface area contributed by atoms with Gasteiger partial charge >= 0.3 is 0 Å². The molecule has 0 aliphatic heterocycles. The first-order valence-electron chi connectivity index (χ1n) is 8.97. The monoisotopic (exact) mass is 300 g/mol. The van der Waals surface area contributed by atoms with Gasteiger partial charge in [-0.1, -0.05) is 45.1 Å². The highest BCUT2D eigenvalue weighted by Crippen LogP contribution is 2.32. The van der Waals surface area contributed by atoms with Gasteiger partial charge in [0.2, 0.25) is 0 Å². The Morgan fingerprint density at radius 1 is 1.32 bits per heavy atom. The van der Waals surface area contributed by atoms with E-state index in [-0.39, 0.29) is 0 Å². The van der Waals surface area contributed by atoms with Crippen LogP contribution in [0.5, 0.6) is 0 Å². The van der Waals surface area contributed by atoms with Crippen molar-refractivity contribution in [3.8, 4) is 0 Å². The van der Waals surface area contributed by atoms with Gasteiger partial charge in [0.15, 0.2) is 0 Å². The van der Waals surface area contributed by atoms with Gasteiger partial charge in [-0.2, -0.15) is 0 Å². The minimum absolute atomic E-state index is 0.450. The summed E-state index contributed by atoms with van der Waals surface area (Å²) < 4.78 is 0. The van der Waals surface area contributed by atoms with Crippen LogP contribution < -0.4 is 0 Å². The summed E-state index contributed by atoms with van der Waals surface area (Å²) in [5.74, 6) is 2.38. The molecule has 1 nitrogen and oxygen atoms in total. The molecule has 0 aromatic carbocycles. The second kappa shape index (κ2) is 7.85. The van der Waals surface area contributed by atoms with Gasteiger partial charge in [0, 0.05) is 6.42 Å². The van der Waals surface area contributed by atoms with E-state index in [1.54, 1.807) is 0 Å². The third-order valence-electron chi connectivity index (χ3n) is 5.49. The Bertz CT molecular complexity index is 504. The average molecular weight is 300 g/mol. The maximum absolute atomic E-state index is 10.3. The molecule has 1 heteroatoms. The highest BCUT2D eigenvalue weighted by molar-refractivity contribution is 5.42. The lowest BCUT2D eigenvalue weighted by molar-refractivity contribution is 0.351. The lowest BCUT2D eigenvalue weighted by Gasteiger charge is -2.23. The van der Waals surface area contributed by atoms with Gasteiger partial charge in [-0.25, -0.2) is 0 Å². The van der Waals surface area contributed by atoms with E-state index in [9.17, 15) is 5.11 Å². The molecule has 0 aromatic rings. The van der Waals surface area contributed by atoms with Crippen molar-refractivity contribution in [2.45, 2.75) is 66.2 Å². The fraction of sp³-hybridized carbons (Fsp3) is 0.619. The highest BCUT2D eigenvalue weighted by Gasteiger charge is 2.17. The molecule has 3 atom stereocenters. The molecule has 0 fully saturated rings. The molecule has 0 heterocycles. The van der Waals surface area contributed by atoms with Crippen molar-refractivity contribution in [2.75, 3.05) is 0 Å². The molecule has 122 valence electrons. The zero-order chi connectivity index (χ0) is 16.1. The Kier molecular flexibility index (Phi) is 6.11. The van der Waals surface area contributed by atoms with E-state index in [0.29, 0.717) is 17.6 Å². The van der Waals surface area contributed by atoms with Crippen LogP contribution in [0.2, 0.25) is 0 Å². The molecule has 2 rings (SSSR count). The Morgan fingerprint density at radius 2 is 2.09 bits per heavy atom. The summed E-state index contributed by atoms with van der Waals surface area (Å²) in [4.78, 5) is 0. The van der Waals surface area contributed by atoms with Crippen LogP contribution in [0, 0.1) is 17.8 Å². The number of rotatable bonds is 5. The summed E-state index contributed by atoms with van der Waals surface area (Å²) in [7, 11) is 0. The van der Waals surface area contributed by atoms with Crippen molar-refractivity contribution in [3.63, 3.8) is 0 Å². The summed E-state index contributed by atoms with van der Waals surface area (Å²) in [6.07, 6.45) is 16.1. The van der Waals surface area contributed by atoms with Crippen molar-refractivity contribution in [1.29, 1.82) is 0 Å². The first-order chi connectivity index (χ1) is 10.5. The molecule has 0 aromatic heterocycles. The molecule has 22 heavy (non-hydrogen) atoms. The number of hydrogen-bond donors (Lipinski definition) is 1. The van der Waals surface area contributed by atoms with Crippen molar-refractivity contribution < 1.29 is 5.11 Å². The molecule has 0 bridgehead atoms. The van der Waals surface area contributed by atoms with Crippen molar-refractivity contribution in [3.05, 3.63) is 46.8 Å². The molecule has 0 saturated heterocycles. The van der Waals surface area contributed by atoms with Gasteiger partial charge in [0.25, 0.3) is 0 Å². The van der Waals surface area contributed by atoms with E-state index in [1.165, 1.54) is 30.4 Å². The average Bonchev–Trinajstić information content (AvgIpc) is 2.55. The van der Waals surface area contributed by atoms with E-state index in [2.05, 4.69) is 52.0 Å². The second-order valence-corrected chi connectivity index (χ2v) is 7.27. The minimum Gasteiger partial charge on any atom is -0.512 e. The quantitative estimate of drug-likeness (QED) is 0.574. The van der Waals surface area contributed by atoms with E-state index in [1.807, 2.05) is 0 Å². The van der Waals surface area contributed by atoms with Crippen LogP contribution in [0.15, 0.2) is 46.8 Å². The Labute approximate surface area is 136 Å². The highest BCUT2D eigenvalue weighted by atomic mass is 16.3. The fourth-order valence-electron chi connectivity index (χ4n) is 3.28. The van der Waals surface area contributed by atoms with Crippen molar-refractivity contribution in [1.82, 2.24) is 0 Å². The molecule has 0 saturated carbocycles. The van der Waals surface area contributed by atoms with Crippen LogP contribution in [0.4, 0.5) is 0 Å². The van der Waals surface area contributed by atoms with Crippen LogP contribution in [0.3, 0.4) is 0 Å². The Balaban J connectivity index is 1.94. The molecule has 0 radical (unpaired) electrons. The molecule has 1 N–H and O–H groups in total. The van der Waals surface area contributed by atoms with E-state index < -0.39 is 0 Å². The largest absolute Gasteiger partial charge is 0.512 e. The van der Waals surface area contributed by atoms with E-state index >= 15 is 0 Å². The summed E-state index contributed by atoms with van der Waals surface area (Å²) in [6.45, 7) is 8.78. The molecular weight excluding hydrogens is 268 g/mol. The van der Waals surface area contributed by atoms with Gasteiger partial charge in [-0.15, -0.1) is 0 Å². The molecule has 2 aliphatic carbocycles. The number of allylic oxidation sites excluding steroid dienone is 8. The second-order valence-electron chi connectivity index (χ2n) is 7.27. The fourth-order valence-corrected chi connectivity index (χ4v) is 3.28. The summed E-state index contributed by atoms with van der Waals surface area (Å²) >= 11 is 0. The molecule has 3 unspecified atom stereocenters. The Morgan fingerprint density at radius 3 is 2.64 bits per heavy atom. The zero-order valence-corrected chi connectivity index (χ0v) is 14.7. The van der Waals surface area contributed by atoms with Crippen LogP contribution in [-0.4, -0.2) is 5.11 Å². The zero-order valence-electron chi connectivity index (χ0n) is 14.7. The van der Waals surface area contributed by atoms with Crippen LogP contribution in [-0.2, 0) is 0 Å². The molecular formula is C21H32O. The Hall–Kier alpha value is -1.24. The van der Waals surface area contributed by atoms with Gasteiger partial charge in [-0.3, -0.25) is 0 Å². The van der Waals surface area contributed by atoms with Gasteiger partial charge in [0.05, 0.1) is 5.76 Å². The summed E-state index contributed by atoms with van der Waals surface area (Å²) in [5.41, 5.74) is 4.11. The lowest BCUT2D eigenvalue weighted by Crippen LogP contribution is -2.08.